The first kappa shape index (κ1) is 15.2. The van der Waals surface area contributed by atoms with E-state index in [9.17, 15) is 9.59 Å². The highest BCUT2D eigenvalue weighted by atomic mass is 16.4. The number of hydrogen-bond donors (Lipinski definition) is 3. The Bertz CT molecular complexity index is 446. The molecule has 1 rings (SSSR count). The fourth-order valence-electron chi connectivity index (χ4n) is 1.81. The highest BCUT2D eigenvalue weighted by Gasteiger charge is 2.17. The van der Waals surface area contributed by atoms with E-state index in [1.807, 2.05) is 25.1 Å². The van der Waals surface area contributed by atoms with Gasteiger partial charge in [0.2, 0.25) is 5.91 Å². The minimum absolute atomic E-state index is 0.223. The number of aliphatic carboxylic acids is 1. The fraction of sp³-hybridized carbons (Fsp3) is 0.429. The Labute approximate surface area is 113 Å². The van der Waals surface area contributed by atoms with E-state index in [0.29, 0.717) is 6.54 Å². The maximum Gasteiger partial charge on any atom is 0.327 e. The molecule has 0 aliphatic heterocycles. The summed E-state index contributed by atoms with van der Waals surface area (Å²) in [7, 11) is 0. The lowest BCUT2D eigenvalue weighted by Crippen LogP contribution is -2.46. The number of carboxylic acids is 1. The zero-order valence-electron chi connectivity index (χ0n) is 11.3. The maximum atomic E-state index is 10.9. The molecule has 5 heteroatoms. The molecule has 0 saturated heterocycles. The van der Waals surface area contributed by atoms with Crippen LogP contribution in [0.25, 0.3) is 0 Å². The number of carbonyl (C=O) groups is 2. The van der Waals surface area contributed by atoms with E-state index in [0.717, 1.165) is 6.42 Å². The molecule has 0 aliphatic carbocycles. The van der Waals surface area contributed by atoms with Gasteiger partial charge >= 0.3 is 5.97 Å². The molecule has 0 aromatic heterocycles. The monoisotopic (exact) mass is 264 g/mol. The van der Waals surface area contributed by atoms with Gasteiger partial charge in [-0.2, -0.15) is 0 Å². The molecular formula is C14H20N2O3. The van der Waals surface area contributed by atoms with E-state index in [1.165, 1.54) is 18.1 Å². The van der Waals surface area contributed by atoms with Crippen molar-refractivity contribution >= 4 is 11.9 Å². The number of amides is 1. The normalized spacial score (nSPS) is 11.9. The Hall–Kier alpha value is -1.88. The largest absolute Gasteiger partial charge is 0.480 e. The molecule has 1 aromatic rings. The zero-order chi connectivity index (χ0) is 14.3. The van der Waals surface area contributed by atoms with Gasteiger partial charge in [0, 0.05) is 13.5 Å². The molecule has 19 heavy (non-hydrogen) atoms. The van der Waals surface area contributed by atoms with Gasteiger partial charge in [0.15, 0.2) is 0 Å². The first-order valence-electron chi connectivity index (χ1n) is 6.26. The van der Waals surface area contributed by atoms with Crippen molar-refractivity contribution in [1.29, 1.82) is 0 Å². The Morgan fingerprint density at radius 2 is 2.00 bits per heavy atom. The van der Waals surface area contributed by atoms with Crippen molar-refractivity contribution in [3.8, 4) is 0 Å². The first-order valence-corrected chi connectivity index (χ1v) is 6.26. The van der Waals surface area contributed by atoms with E-state index in [-0.39, 0.29) is 12.5 Å². The van der Waals surface area contributed by atoms with Gasteiger partial charge in [0.25, 0.3) is 0 Å². The van der Waals surface area contributed by atoms with Gasteiger partial charge < -0.3 is 15.7 Å². The topological polar surface area (TPSA) is 78.4 Å². The highest BCUT2D eigenvalue weighted by Crippen LogP contribution is 2.06. The van der Waals surface area contributed by atoms with Gasteiger partial charge in [-0.05, 0) is 31.0 Å². The third-order valence-electron chi connectivity index (χ3n) is 2.86. The quantitative estimate of drug-likeness (QED) is 0.634. The van der Waals surface area contributed by atoms with Gasteiger partial charge in [0.05, 0.1) is 0 Å². The number of aryl methyl sites for hydroxylation is 1. The van der Waals surface area contributed by atoms with Gasteiger partial charge in [-0.1, -0.05) is 24.3 Å². The van der Waals surface area contributed by atoms with Crippen LogP contribution in [0.4, 0.5) is 0 Å². The first-order chi connectivity index (χ1) is 9.00. The number of hydrogen-bond acceptors (Lipinski definition) is 3. The molecule has 0 bridgehead atoms. The van der Waals surface area contributed by atoms with Crippen molar-refractivity contribution in [2.75, 3.05) is 13.1 Å². The maximum absolute atomic E-state index is 10.9. The summed E-state index contributed by atoms with van der Waals surface area (Å²) in [5, 5.41) is 14.4. The average molecular weight is 264 g/mol. The molecule has 0 fully saturated rings. The summed E-state index contributed by atoms with van der Waals surface area (Å²) in [6, 6.07) is 7.20. The second-order valence-electron chi connectivity index (χ2n) is 4.47. The Kier molecular flexibility index (Phi) is 6.02. The lowest BCUT2D eigenvalue weighted by molar-refractivity contribution is -0.141. The number of benzene rings is 1. The predicted octanol–water partition coefficient (Wildman–Crippen LogP) is 0.716. The molecule has 104 valence electrons. The van der Waals surface area contributed by atoms with Gasteiger partial charge in [-0.25, -0.2) is 4.79 Å². The van der Waals surface area contributed by atoms with Crippen molar-refractivity contribution in [2.24, 2.45) is 0 Å². The molecule has 1 amide bonds. The van der Waals surface area contributed by atoms with E-state index >= 15 is 0 Å². The van der Waals surface area contributed by atoms with E-state index in [1.54, 1.807) is 0 Å². The van der Waals surface area contributed by atoms with E-state index in [4.69, 9.17) is 5.11 Å². The lowest BCUT2D eigenvalue weighted by Gasteiger charge is -2.14. The molecule has 0 spiro atoms. The van der Waals surface area contributed by atoms with Crippen LogP contribution in [0.15, 0.2) is 24.3 Å². The molecule has 1 atom stereocenters. The van der Waals surface area contributed by atoms with Crippen LogP contribution in [0.5, 0.6) is 0 Å². The summed E-state index contributed by atoms with van der Waals surface area (Å²) in [5.74, 6) is -1.37. The summed E-state index contributed by atoms with van der Waals surface area (Å²) in [6.07, 6.45) is 0.832. The SMILES string of the molecule is CC(=O)NC(CNCCc1ccccc1C)C(=O)O. The van der Waals surface area contributed by atoms with Crippen LogP contribution in [-0.4, -0.2) is 36.1 Å². The molecule has 0 saturated carbocycles. The van der Waals surface area contributed by atoms with E-state index < -0.39 is 12.0 Å². The van der Waals surface area contributed by atoms with Gasteiger partial charge in [0.1, 0.15) is 6.04 Å². The van der Waals surface area contributed by atoms with Crippen molar-refractivity contribution in [2.45, 2.75) is 26.3 Å². The molecule has 5 nitrogen and oxygen atoms in total. The fourth-order valence-corrected chi connectivity index (χ4v) is 1.81. The minimum atomic E-state index is -1.03. The van der Waals surface area contributed by atoms with Crippen LogP contribution in [0.3, 0.4) is 0 Å². The minimum Gasteiger partial charge on any atom is -0.480 e. The summed E-state index contributed by atoms with van der Waals surface area (Å²) in [4.78, 5) is 21.8. The van der Waals surface area contributed by atoms with Crippen LogP contribution in [0, 0.1) is 6.92 Å². The summed E-state index contributed by atoms with van der Waals surface area (Å²) in [6.45, 7) is 4.25. The van der Waals surface area contributed by atoms with Crippen molar-refractivity contribution in [1.82, 2.24) is 10.6 Å². The van der Waals surface area contributed by atoms with Gasteiger partial charge in [-0.3, -0.25) is 4.79 Å². The third kappa shape index (κ3) is 5.52. The van der Waals surface area contributed by atoms with Crippen LogP contribution < -0.4 is 10.6 Å². The summed E-state index contributed by atoms with van der Waals surface area (Å²) in [5.41, 5.74) is 2.46. The van der Waals surface area contributed by atoms with Crippen molar-refractivity contribution in [3.05, 3.63) is 35.4 Å². The third-order valence-corrected chi connectivity index (χ3v) is 2.86. The predicted molar refractivity (Wildman–Crippen MR) is 73.0 cm³/mol. The molecular weight excluding hydrogens is 244 g/mol. The van der Waals surface area contributed by atoms with Crippen molar-refractivity contribution < 1.29 is 14.7 Å². The Balaban J connectivity index is 2.35. The second kappa shape index (κ2) is 7.53. The van der Waals surface area contributed by atoms with Gasteiger partial charge in [-0.15, -0.1) is 0 Å². The Morgan fingerprint density at radius 1 is 1.32 bits per heavy atom. The summed E-state index contributed by atoms with van der Waals surface area (Å²) < 4.78 is 0. The smallest absolute Gasteiger partial charge is 0.327 e. The second-order valence-corrected chi connectivity index (χ2v) is 4.47. The van der Waals surface area contributed by atoms with E-state index in [2.05, 4.69) is 16.7 Å². The molecule has 0 aliphatic rings. The molecule has 0 radical (unpaired) electrons. The molecule has 3 N–H and O–H groups in total. The van der Waals surface area contributed by atoms with Crippen LogP contribution in [0.1, 0.15) is 18.1 Å². The van der Waals surface area contributed by atoms with Crippen molar-refractivity contribution in [3.63, 3.8) is 0 Å². The Morgan fingerprint density at radius 3 is 2.58 bits per heavy atom. The van der Waals surface area contributed by atoms with Crippen LogP contribution >= 0.6 is 0 Å². The van der Waals surface area contributed by atoms with Crippen LogP contribution in [-0.2, 0) is 16.0 Å². The standard InChI is InChI=1S/C14H20N2O3/c1-10-5-3-4-6-12(10)7-8-15-9-13(14(18)19)16-11(2)17/h3-6,13,15H,7-9H2,1-2H3,(H,16,17)(H,18,19). The lowest BCUT2D eigenvalue weighted by atomic mass is 10.1. The number of rotatable bonds is 7. The number of carbonyl (C=O) groups excluding carboxylic acids is 1. The molecule has 1 aromatic carbocycles. The average Bonchev–Trinajstić information content (AvgIpc) is 2.34. The summed E-state index contributed by atoms with van der Waals surface area (Å²) >= 11 is 0. The van der Waals surface area contributed by atoms with Crippen LogP contribution in [0.2, 0.25) is 0 Å². The highest BCUT2D eigenvalue weighted by molar-refractivity contribution is 5.82. The molecule has 1 unspecified atom stereocenters. The number of nitrogens with one attached hydrogen (secondary N) is 2. The zero-order valence-corrected chi connectivity index (χ0v) is 11.3. The number of carboxylic acid groups (broad SMARTS) is 1. The molecule has 0 heterocycles.